The minimum Gasteiger partial charge on any atom is -0.488 e. The second-order valence-corrected chi connectivity index (χ2v) is 6.17. The Morgan fingerprint density at radius 3 is 2.44 bits per heavy atom. The van der Waals surface area contributed by atoms with Gasteiger partial charge in [0.15, 0.2) is 0 Å². The van der Waals surface area contributed by atoms with Gasteiger partial charge in [0.05, 0.1) is 0 Å². The van der Waals surface area contributed by atoms with Crippen molar-refractivity contribution >= 4 is 46.0 Å². The fourth-order valence-corrected chi connectivity index (χ4v) is 3.05. The lowest BCUT2D eigenvalue weighted by atomic mass is 10.0. The van der Waals surface area contributed by atoms with Crippen molar-refractivity contribution < 1.29 is 14.6 Å². The Labute approximate surface area is 155 Å². The number of aliphatic carboxylic acids is 1. The smallest absolute Gasteiger partial charge is 0.328 e. The van der Waals surface area contributed by atoms with Crippen LogP contribution in [0.2, 0.25) is 10.0 Å². The second-order valence-electron chi connectivity index (χ2n) is 5.36. The van der Waals surface area contributed by atoms with E-state index in [-0.39, 0.29) is 6.61 Å². The number of hydrogen-bond acceptors (Lipinski definition) is 2. The van der Waals surface area contributed by atoms with Gasteiger partial charge in [-0.2, -0.15) is 0 Å². The minimum absolute atomic E-state index is 0.185. The first-order valence-electron chi connectivity index (χ1n) is 7.54. The van der Waals surface area contributed by atoms with Crippen LogP contribution < -0.4 is 4.74 Å². The molecule has 0 unspecified atom stereocenters. The quantitative estimate of drug-likeness (QED) is 0.573. The number of ether oxygens (including phenoxy) is 1. The third-order valence-electron chi connectivity index (χ3n) is 3.76. The predicted molar refractivity (Wildman–Crippen MR) is 101 cm³/mol. The molecular formula is C20H14Cl2O3. The van der Waals surface area contributed by atoms with E-state index in [9.17, 15) is 4.79 Å². The van der Waals surface area contributed by atoms with Crippen LogP contribution in [-0.4, -0.2) is 11.1 Å². The number of rotatable bonds is 5. The molecule has 0 heterocycles. The van der Waals surface area contributed by atoms with Crippen LogP contribution in [0.15, 0.2) is 60.7 Å². The van der Waals surface area contributed by atoms with Gasteiger partial charge in [-0.05, 0) is 35.0 Å². The van der Waals surface area contributed by atoms with Crippen LogP contribution in [0.3, 0.4) is 0 Å². The highest BCUT2D eigenvalue weighted by atomic mass is 35.5. The van der Waals surface area contributed by atoms with Crippen LogP contribution in [0.4, 0.5) is 0 Å². The molecule has 0 aliphatic rings. The molecule has 1 N–H and O–H groups in total. The molecule has 0 aliphatic heterocycles. The number of carbonyl (C=O) groups is 1. The summed E-state index contributed by atoms with van der Waals surface area (Å²) < 4.78 is 5.91. The van der Waals surface area contributed by atoms with Gasteiger partial charge < -0.3 is 9.84 Å². The first kappa shape index (κ1) is 17.3. The van der Waals surface area contributed by atoms with E-state index in [0.717, 1.165) is 16.8 Å². The topological polar surface area (TPSA) is 46.5 Å². The maximum atomic E-state index is 10.9. The Hall–Kier alpha value is -2.49. The molecule has 3 nitrogen and oxygen atoms in total. The summed E-state index contributed by atoms with van der Waals surface area (Å²) in [5.74, 6) is -0.458. The van der Waals surface area contributed by atoms with Crippen molar-refractivity contribution in [1.29, 1.82) is 0 Å². The van der Waals surface area contributed by atoms with Gasteiger partial charge in [-0.1, -0.05) is 59.6 Å². The van der Waals surface area contributed by atoms with E-state index >= 15 is 0 Å². The highest BCUT2D eigenvalue weighted by molar-refractivity contribution is 6.35. The molecule has 126 valence electrons. The lowest BCUT2D eigenvalue weighted by Gasteiger charge is -2.13. The fraction of sp³-hybridized carbons (Fsp3) is 0.0500. The average Bonchev–Trinajstić information content (AvgIpc) is 2.59. The Morgan fingerprint density at radius 2 is 1.72 bits per heavy atom. The third-order valence-corrected chi connectivity index (χ3v) is 4.47. The molecule has 0 spiro atoms. The Kier molecular flexibility index (Phi) is 5.27. The van der Waals surface area contributed by atoms with Crippen LogP contribution in [0.25, 0.3) is 16.8 Å². The molecule has 0 bridgehead atoms. The Bertz CT molecular complexity index is 944. The molecule has 3 aromatic rings. The van der Waals surface area contributed by atoms with Gasteiger partial charge in [-0.25, -0.2) is 4.79 Å². The lowest BCUT2D eigenvalue weighted by molar-refractivity contribution is -0.131. The van der Waals surface area contributed by atoms with E-state index in [2.05, 4.69) is 0 Å². The first-order chi connectivity index (χ1) is 12.1. The van der Waals surface area contributed by atoms with E-state index < -0.39 is 5.97 Å². The number of carboxylic acids is 1. The molecular weight excluding hydrogens is 359 g/mol. The van der Waals surface area contributed by atoms with Crippen molar-refractivity contribution in [1.82, 2.24) is 0 Å². The maximum Gasteiger partial charge on any atom is 0.328 e. The zero-order valence-electron chi connectivity index (χ0n) is 13.1. The van der Waals surface area contributed by atoms with Gasteiger partial charge in [-0.3, -0.25) is 0 Å². The molecule has 0 amide bonds. The summed E-state index contributed by atoms with van der Waals surface area (Å²) in [6, 6.07) is 16.7. The van der Waals surface area contributed by atoms with Crippen molar-refractivity contribution in [2.45, 2.75) is 6.61 Å². The summed E-state index contributed by atoms with van der Waals surface area (Å²) in [4.78, 5) is 10.9. The molecule has 25 heavy (non-hydrogen) atoms. The van der Waals surface area contributed by atoms with Gasteiger partial charge in [0.2, 0.25) is 0 Å². The number of benzene rings is 3. The Morgan fingerprint density at radius 1 is 1.00 bits per heavy atom. The van der Waals surface area contributed by atoms with E-state index in [0.29, 0.717) is 26.9 Å². The molecule has 0 atom stereocenters. The number of hydrogen-bond donors (Lipinski definition) is 1. The maximum absolute atomic E-state index is 10.9. The van der Waals surface area contributed by atoms with Crippen LogP contribution in [0.5, 0.6) is 5.75 Å². The van der Waals surface area contributed by atoms with Crippen molar-refractivity contribution in [2.75, 3.05) is 0 Å². The number of halogens is 2. The monoisotopic (exact) mass is 372 g/mol. The molecule has 0 aliphatic carbocycles. The van der Waals surface area contributed by atoms with E-state index in [1.54, 1.807) is 18.2 Å². The van der Waals surface area contributed by atoms with Crippen LogP contribution in [0, 0.1) is 0 Å². The predicted octanol–water partition coefficient (Wildman–Crippen LogP) is 5.82. The SMILES string of the molecule is O=C(O)C=Cc1c(OCc2c(Cl)cccc2Cl)ccc2ccccc12. The standard InChI is InChI=1S/C20H14Cl2O3/c21-17-6-3-7-18(22)16(17)12-25-19-10-8-13-4-1-2-5-14(13)15(19)9-11-20(23)24/h1-11H,12H2,(H,23,24). The highest BCUT2D eigenvalue weighted by Gasteiger charge is 2.10. The summed E-state index contributed by atoms with van der Waals surface area (Å²) in [5, 5.41) is 11.9. The molecule has 0 radical (unpaired) electrons. The van der Waals surface area contributed by atoms with Gasteiger partial charge in [0.25, 0.3) is 0 Å². The second kappa shape index (κ2) is 7.60. The minimum atomic E-state index is -1.02. The van der Waals surface area contributed by atoms with Crippen LogP contribution in [-0.2, 0) is 11.4 Å². The zero-order chi connectivity index (χ0) is 17.8. The van der Waals surface area contributed by atoms with Gasteiger partial charge in [-0.15, -0.1) is 0 Å². The van der Waals surface area contributed by atoms with E-state index in [1.807, 2.05) is 36.4 Å². The van der Waals surface area contributed by atoms with Crippen molar-refractivity contribution in [3.63, 3.8) is 0 Å². The van der Waals surface area contributed by atoms with Gasteiger partial charge in [0.1, 0.15) is 12.4 Å². The molecule has 3 aromatic carbocycles. The first-order valence-corrected chi connectivity index (χ1v) is 8.30. The fourth-order valence-electron chi connectivity index (χ4n) is 2.55. The Balaban J connectivity index is 2.00. The summed E-state index contributed by atoms with van der Waals surface area (Å²) in [6.07, 6.45) is 2.63. The molecule has 0 aromatic heterocycles. The number of carboxylic acid groups (broad SMARTS) is 1. The molecule has 0 saturated carbocycles. The normalized spacial score (nSPS) is 11.1. The third kappa shape index (κ3) is 3.95. The molecule has 3 rings (SSSR count). The van der Waals surface area contributed by atoms with E-state index in [4.69, 9.17) is 33.0 Å². The van der Waals surface area contributed by atoms with Crippen LogP contribution in [0.1, 0.15) is 11.1 Å². The van der Waals surface area contributed by atoms with Crippen LogP contribution >= 0.6 is 23.2 Å². The average molecular weight is 373 g/mol. The van der Waals surface area contributed by atoms with Crippen molar-refractivity contribution in [2.24, 2.45) is 0 Å². The summed E-state index contributed by atoms with van der Waals surface area (Å²) in [7, 11) is 0. The lowest BCUT2D eigenvalue weighted by Crippen LogP contribution is -1.99. The highest BCUT2D eigenvalue weighted by Crippen LogP contribution is 2.31. The number of fused-ring (bicyclic) bond motifs is 1. The van der Waals surface area contributed by atoms with Gasteiger partial charge in [0, 0.05) is 27.2 Å². The summed E-state index contributed by atoms with van der Waals surface area (Å²) in [5.41, 5.74) is 1.39. The molecule has 0 saturated heterocycles. The van der Waals surface area contributed by atoms with Crippen molar-refractivity contribution in [3.05, 3.63) is 81.8 Å². The summed E-state index contributed by atoms with van der Waals surface area (Å²) >= 11 is 12.4. The summed E-state index contributed by atoms with van der Waals surface area (Å²) in [6.45, 7) is 0.185. The van der Waals surface area contributed by atoms with E-state index in [1.165, 1.54) is 6.08 Å². The molecule has 0 fully saturated rings. The molecule has 5 heteroatoms. The zero-order valence-corrected chi connectivity index (χ0v) is 14.6. The van der Waals surface area contributed by atoms with Gasteiger partial charge >= 0.3 is 5.97 Å². The largest absolute Gasteiger partial charge is 0.488 e. The van der Waals surface area contributed by atoms with Crippen molar-refractivity contribution in [3.8, 4) is 5.75 Å².